The highest BCUT2D eigenvalue weighted by Crippen LogP contribution is 2.14. The van der Waals surface area contributed by atoms with Crippen molar-refractivity contribution >= 4 is 5.91 Å². The monoisotopic (exact) mass is 306 g/mol. The molecular weight excluding hydrogens is 280 g/mol. The molecule has 5 heteroatoms. The summed E-state index contributed by atoms with van der Waals surface area (Å²) in [4.78, 5) is 14.2. The van der Waals surface area contributed by atoms with Gasteiger partial charge in [-0.15, -0.1) is 0 Å². The van der Waals surface area contributed by atoms with E-state index in [9.17, 15) is 4.79 Å². The number of likely N-dealkylation sites (tertiary alicyclic amines) is 1. The van der Waals surface area contributed by atoms with E-state index in [1.54, 1.807) is 7.11 Å². The molecule has 0 radical (unpaired) electrons. The minimum absolute atomic E-state index is 0.0359. The largest absolute Gasteiger partial charge is 0.383 e. The number of hydrogen-bond acceptors (Lipinski definition) is 4. The Morgan fingerprint density at radius 3 is 2.95 bits per heavy atom. The summed E-state index contributed by atoms with van der Waals surface area (Å²) >= 11 is 0. The number of ether oxygens (including phenoxy) is 2. The molecule has 22 heavy (non-hydrogen) atoms. The highest BCUT2D eigenvalue weighted by atomic mass is 16.5. The van der Waals surface area contributed by atoms with E-state index < -0.39 is 0 Å². The van der Waals surface area contributed by atoms with Crippen molar-refractivity contribution in [2.24, 2.45) is 5.92 Å². The Balaban J connectivity index is 1.54. The third-order valence-electron chi connectivity index (χ3n) is 3.91. The third-order valence-corrected chi connectivity index (χ3v) is 3.91. The molecule has 1 N–H and O–H groups in total. The molecular formula is C17H26N2O3. The lowest BCUT2D eigenvalue weighted by Gasteiger charge is -2.15. The van der Waals surface area contributed by atoms with Crippen LogP contribution in [0.2, 0.25) is 0 Å². The van der Waals surface area contributed by atoms with Gasteiger partial charge in [0.15, 0.2) is 0 Å². The van der Waals surface area contributed by atoms with Crippen LogP contribution in [0.15, 0.2) is 30.3 Å². The molecule has 1 unspecified atom stereocenters. The molecule has 1 aromatic carbocycles. The Morgan fingerprint density at radius 2 is 2.18 bits per heavy atom. The van der Waals surface area contributed by atoms with E-state index in [2.05, 4.69) is 10.2 Å². The van der Waals surface area contributed by atoms with Gasteiger partial charge in [0.25, 0.3) is 0 Å². The van der Waals surface area contributed by atoms with Crippen LogP contribution in [0.4, 0.5) is 0 Å². The molecule has 1 aromatic rings. The van der Waals surface area contributed by atoms with Gasteiger partial charge in [0.05, 0.1) is 13.2 Å². The van der Waals surface area contributed by atoms with Crippen molar-refractivity contribution in [2.45, 2.75) is 13.0 Å². The fourth-order valence-electron chi connectivity index (χ4n) is 2.65. The second-order valence-electron chi connectivity index (χ2n) is 5.73. The second kappa shape index (κ2) is 9.56. The maximum Gasteiger partial charge on any atom is 0.246 e. The summed E-state index contributed by atoms with van der Waals surface area (Å²) in [5, 5.41) is 2.97. The first-order valence-electron chi connectivity index (χ1n) is 7.87. The van der Waals surface area contributed by atoms with Crippen LogP contribution in [0.25, 0.3) is 0 Å². The van der Waals surface area contributed by atoms with Crippen molar-refractivity contribution in [3.63, 3.8) is 0 Å². The summed E-state index contributed by atoms with van der Waals surface area (Å²) < 4.78 is 10.5. The summed E-state index contributed by atoms with van der Waals surface area (Å²) in [7, 11) is 1.73. The molecule has 1 aliphatic heterocycles. The van der Waals surface area contributed by atoms with Gasteiger partial charge in [0.1, 0.15) is 6.61 Å². The minimum Gasteiger partial charge on any atom is -0.383 e. The van der Waals surface area contributed by atoms with Crippen LogP contribution in [0.1, 0.15) is 12.0 Å². The van der Waals surface area contributed by atoms with Gasteiger partial charge in [-0.2, -0.15) is 0 Å². The number of carbonyl (C=O) groups excluding carboxylic acids is 1. The van der Waals surface area contributed by atoms with E-state index in [1.807, 2.05) is 30.3 Å². The summed E-state index contributed by atoms with van der Waals surface area (Å²) in [5.74, 6) is 0.501. The zero-order valence-electron chi connectivity index (χ0n) is 13.3. The molecule has 0 aromatic heterocycles. The highest BCUT2D eigenvalue weighted by molar-refractivity contribution is 5.77. The van der Waals surface area contributed by atoms with Crippen LogP contribution < -0.4 is 5.32 Å². The van der Waals surface area contributed by atoms with Gasteiger partial charge in [0.2, 0.25) is 5.91 Å². The molecule has 0 bridgehead atoms. The maximum absolute atomic E-state index is 11.8. The van der Waals surface area contributed by atoms with Crippen molar-refractivity contribution in [3.8, 4) is 0 Å². The van der Waals surface area contributed by atoms with Gasteiger partial charge in [-0.1, -0.05) is 30.3 Å². The average molecular weight is 306 g/mol. The summed E-state index contributed by atoms with van der Waals surface area (Å²) in [6.45, 7) is 5.20. The first-order chi connectivity index (χ1) is 10.8. The average Bonchev–Trinajstić information content (AvgIpc) is 3.00. The lowest BCUT2D eigenvalue weighted by Crippen LogP contribution is -2.33. The van der Waals surface area contributed by atoms with Crippen molar-refractivity contribution in [1.29, 1.82) is 0 Å². The lowest BCUT2D eigenvalue weighted by atomic mass is 10.1. The number of nitrogens with one attached hydrogen (secondary N) is 1. The molecule has 1 atom stereocenters. The zero-order chi connectivity index (χ0) is 15.6. The fourth-order valence-corrected chi connectivity index (χ4v) is 2.65. The van der Waals surface area contributed by atoms with E-state index in [4.69, 9.17) is 9.47 Å². The summed E-state index contributed by atoms with van der Waals surface area (Å²) in [5.41, 5.74) is 1.08. The van der Waals surface area contributed by atoms with Crippen LogP contribution in [-0.2, 0) is 20.9 Å². The van der Waals surface area contributed by atoms with Crippen LogP contribution in [0, 0.1) is 5.92 Å². The van der Waals surface area contributed by atoms with Gasteiger partial charge >= 0.3 is 0 Å². The predicted octanol–water partition coefficient (Wildman–Crippen LogP) is 1.29. The summed E-state index contributed by atoms with van der Waals surface area (Å²) in [6, 6.07) is 9.88. The van der Waals surface area contributed by atoms with Crippen molar-refractivity contribution in [2.75, 3.05) is 46.5 Å². The quantitative estimate of drug-likeness (QED) is 0.747. The molecule has 0 spiro atoms. The smallest absolute Gasteiger partial charge is 0.246 e. The first kappa shape index (κ1) is 16.9. The molecule has 1 heterocycles. The van der Waals surface area contributed by atoms with Crippen LogP contribution in [0.3, 0.4) is 0 Å². The molecule has 1 aliphatic rings. The number of benzene rings is 1. The Kier molecular flexibility index (Phi) is 7.36. The fraction of sp³-hybridized carbons (Fsp3) is 0.588. The van der Waals surface area contributed by atoms with Crippen LogP contribution in [0.5, 0.6) is 0 Å². The van der Waals surface area contributed by atoms with Gasteiger partial charge < -0.3 is 19.7 Å². The number of hydrogen-bond donors (Lipinski definition) is 1. The van der Waals surface area contributed by atoms with Crippen LogP contribution in [-0.4, -0.2) is 57.3 Å². The molecule has 0 saturated carbocycles. The predicted molar refractivity (Wildman–Crippen MR) is 85.5 cm³/mol. The second-order valence-corrected chi connectivity index (χ2v) is 5.73. The SMILES string of the molecule is COCCN1CCC(CNC(=O)COCc2ccccc2)C1. The van der Waals surface area contributed by atoms with Crippen molar-refractivity contribution in [1.82, 2.24) is 10.2 Å². The Labute approximate surface area is 132 Å². The number of nitrogens with zero attached hydrogens (tertiary/aromatic N) is 1. The van der Waals surface area contributed by atoms with Gasteiger partial charge in [-0.05, 0) is 24.4 Å². The number of rotatable bonds is 9. The standard InChI is InChI=1S/C17H26N2O3/c1-21-10-9-19-8-7-16(12-19)11-18-17(20)14-22-13-15-5-3-2-4-6-15/h2-6,16H,7-14H2,1H3,(H,18,20). The van der Waals surface area contributed by atoms with Crippen molar-refractivity contribution in [3.05, 3.63) is 35.9 Å². The minimum atomic E-state index is -0.0359. The third kappa shape index (κ3) is 6.13. The molecule has 1 saturated heterocycles. The molecule has 2 rings (SSSR count). The molecule has 5 nitrogen and oxygen atoms in total. The molecule has 1 fully saturated rings. The normalized spacial score (nSPS) is 18.5. The van der Waals surface area contributed by atoms with Gasteiger partial charge in [0, 0.05) is 26.7 Å². The van der Waals surface area contributed by atoms with Crippen molar-refractivity contribution < 1.29 is 14.3 Å². The van der Waals surface area contributed by atoms with Gasteiger partial charge in [-0.3, -0.25) is 4.79 Å². The van der Waals surface area contributed by atoms with Gasteiger partial charge in [-0.25, -0.2) is 0 Å². The van der Waals surface area contributed by atoms with E-state index in [1.165, 1.54) is 0 Å². The number of methoxy groups -OCH3 is 1. The van der Waals surface area contributed by atoms with E-state index in [-0.39, 0.29) is 12.5 Å². The highest BCUT2D eigenvalue weighted by Gasteiger charge is 2.22. The van der Waals surface area contributed by atoms with E-state index >= 15 is 0 Å². The number of amides is 1. The molecule has 122 valence electrons. The number of carbonyl (C=O) groups is 1. The van der Waals surface area contributed by atoms with Crippen LogP contribution >= 0.6 is 0 Å². The summed E-state index contributed by atoms with van der Waals surface area (Å²) in [6.07, 6.45) is 1.13. The van der Waals surface area contributed by atoms with E-state index in [0.717, 1.165) is 44.8 Å². The maximum atomic E-state index is 11.8. The Bertz CT molecular complexity index is 439. The lowest BCUT2D eigenvalue weighted by molar-refractivity contribution is -0.126. The van der Waals surface area contributed by atoms with E-state index in [0.29, 0.717) is 12.5 Å². The Hall–Kier alpha value is -1.43. The topological polar surface area (TPSA) is 50.8 Å². The molecule has 0 aliphatic carbocycles. The Morgan fingerprint density at radius 1 is 1.36 bits per heavy atom. The zero-order valence-corrected chi connectivity index (χ0v) is 13.3. The first-order valence-corrected chi connectivity index (χ1v) is 7.87. The molecule has 1 amide bonds.